The molecule has 5 heteroatoms. The number of halogens is 2. The van der Waals surface area contributed by atoms with Crippen molar-refractivity contribution in [2.45, 2.75) is 12.8 Å². The van der Waals surface area contributed by atoms with Gasteiger partial charge in [0, 0.05) is 22.8 Å². The molecular formula is C21H18Cl2N2O. The Morgan fingerprint density at radius 2 is 1.65 bits per heavy atom. The molecule has 3 rings (SSSR count). The Bertz CT molecular complexity index is 949. The molecule has 2 N–H and O–H groups in total. The van der Waals surface area contributed by atoms with E-state index in [0.717, 1.165) is 27.5 Å². The predicted molar refractivity (Wildman–Crippen MR) is 109 cm³/mol. The minimum Gasteiger partial charge on any atom is -0.355 e. The summed E-state index contributed by atoms with van der Waals surface area (Å²) >= 11 is 12.3. The molecule has 0 aliphatic rings. The van der Waals surface area contributed by atoms with Crippen LogP contribution in [0, 0.1) is 5.41 Å². The highest BCUT2D eigenvalue weighted by Gasteiger charge is 2.10. The largest absolute Gasteiger partial charge is 0.355 e. The number of hydrogen-bond donors (Lipinski definition) is 2. The maximum atomic E-state index is 12.3. The highest BCUT2D eigenvalue weighted by atomic mass is 35.5. The third-order valence-corrected chi connectivity index (χ3v) is 5.02. The van der Waals surface area contributed by atoms with E-state index in [9.17, 15) is 4.79 Å². The molecule has 26 heavy (non-hydrogen) atoms. The van der Waals surface area contributed by atoms with Gasteiger partial charge in [-0.3, -0.25) is 4.79 Å². The van der Waals surface area contributed by atoms with Gasteiger partial charge in [-0.1, -0.05) is 65.7 Å². The van der Waals surface area contributed by atoms with Gasteiger partial charge in [0.2, 0.25) is 5.91 Å². The fourth-order valence-corrected chi connectivity index (χ4v) is 3.58. The maximum absolute atomic E-state index is 12.3. The average molecular weight is 385 g/mol. The molecule has 3 nitrogen and oxygen atoms in total. The molecule has 132 valence electrons. The van der Waals surface area contributed by atoms with Crippen LogP contribution in [0.5, 0.6) is 0 Å². The molecule has 0 atom stereocenters. The second-order valence-electron chi connectivity index (χ2n) is 5.98. The van der Waals surface area contributed by atoms with E-state index in [1.807, 2.05) is 36.4 Å². The van der Waals surface area contributed by atoms with E-state index in [2.05, 4.69) is 5.32 Å². The summed E-state index contributed by atoms with van der Waals surface area (Å²) in [6.45, 7) is 0.471. The Kier molecular flexibility index (Phi) is 5.92. The number of benzene rings is 3. The molecule has 0 saturated carbocycles. The normalized spacial score (nSPS) is 10.7. The third kappa shape index (κ3) is 4.06. The molecule has 0 heterocycles. The molecule has 0 saturated heterocycles. The Morgan fingerprint density at radius 1 is 0.962 bits per heavy atom. The van der Waals surface area contributed by atoms with Gasteiger partial charge in [-0.15, -0.1) is 0 Å². The summed E-state index contributed by atoms with van der Waals surface area (Å²) in [6.07, 6.45) is 2.20. The van der Waals surface area contributed by atoms with Gasteiger partial charge in [-0.2, -0.15) is 0 Å². The van der Waals surface area contributed by atoms with Crippen LogP contribution in [0.1, 0.15) is 16.7 Å². The van der Waals surface area contributed by atoms with Crippen molar-refractivity contribution in [1.29, 1.82) is 5.41 Å². The van der Waals surface area contributed by atoms with E-state index < -0.39 is 0 Å². The molecule has 0 radical (unpaired) electrons. The standard InChI is InChI=1S/C21H18Cl2N2O/c22-19-6-3-7-20(23)18(19)10-11-25-21(26)12-14-8-9-15(13-24)17-5-2-1-4-16(14)17/h1-9,13,24H,10-12H2,(H,25,26). The van der Waals surface area contributed by atoms with E-state index in [-0.39, 0.29) is 12.3 Å². The van der Waals surface area contributed by atoms with Crippen molar-refractivity contribution in [3.05, 3.63) is 81.3 Å². The summed E-state index contributed by atoms with van der Waals surface area (Å²) in [4.78, 5) is 12.3. The monoisotopic (exact) mass is 384 g/mol. The number of carbonyl (C=O) groups is 1. The SMILES string of the molecule is N=Cc1ccc(CC(=O)NCCc2c(Cl)cccc2Cl)c2ccccc12. The lowest BCUT2D eigenvalue weighted by Gasteiger charge is -2.11. The van der Waals surface area contributed by atoms with Gasteiger partial charge >= 0.3 is 0 Å². The Hall–Kier alpha value is -2.36. The van der Waals surface area contributed by atoms with Crippen molar-refractivity contribution in [2.24, 2.45) is 0 Å². The van der Waals surface area contributed by atoms with Gasteiger partial charge < -0.3 is 10.7 Å². The lowest BCUT2D eigenvalue weighted by molar-refractivity contribution is -0.120. The van der Waals surface area contributed by atoms with Crippen LogP contribution in [0.15, 0.2) is 54.6 Å². The van der Waals surface area contributed by atoms with Crippen molar-refractivity contribution in [2.75, 3.05) is 6.54 Å². The fourth-order valence-electron chi connectivity index (χ4n) is 3.00. The molecule has 0 bridgehead atoms. The zero-order valence-electron chi connectivity index (χ0n) is 14.1. The number of nitrogens with one attached hydrogen (secondary N) is 2. The average Bonchev–Trinajstić information content (AvgIpc) is 2.64. The van der Waals surface area contributed by atoms with E-state index >= 15 is 0 Å². The van der Waals surface area contributed by atoms with Crippen LogP contribution in [-0.4, -0.2) is 18.7 Å². The minimum absolute atomic E-state index is 0.0547. The summed E-state index contributed by atoms with van der Waals surface area (Å²) in [7, 11) is 0. The zero-order valence-corrected chi connectivity index (χ0v) is 15.6. The highest BCUT2D eigenvalue weighted by molar-refractivity contribution is 6.36. The number of rotatable bonds is 6. The van der Waals surface area contributed by atoms with Crippen molar-refractivity contribution in [3.63, 3.8) is 0 Å². The highest BCUT2D eigenvalue weighted by Crippen LogP contribution is 2.24. The summed E-state index contributed by atoms with van der Waals surface area (Å²) in [6, 6.07) is 17.0. The fraction of sp³-hybridized carbons (Fsp3) is 0.143. The smallest absolute Gasteiger partial charge is 0.224 e. The zero-order chi connectivity index (χ0) is 18.5. The Morgan fingerprint density at radius 3 is 2.35 bits per heavy atom. The van der Waals surface area contributed by atoms with Crippen LogP contribution in [0.25, 0.3) is 10.8 Å². The minimum atomic E-state index is -0.0547. The molecule has 0 unspecified atom stereocenters. The van der Waals surface area contributed by atoms with Crippen LogP contribution in [-0.2, 0) is 17.6 Å². The lowest BCUT2D eigenvalue weighted by Crippen LogP contribution is -2.27. The first-order valence-electron chi connectivity index (χ1n) is 8.31. The molecule has 0 aliphatic heterocycles. The predicted octanol–water partition coefficient (Wildman–Crippen LogP) is 5.05. The first-order valence-corrected chi connectivity index (χ1v) is 9.06. The maximum Gasteiger partial charge on any atom is 0.224 e. The van der Waals surface area contributed by atoms with Gasteiger partial charge in [0.15, 0.2) is 0 Å². The van der Waals surface area contributed by atoms with Crippen LogP contribution >= 0.6 is 23.2 Å². The van der Waals surface area contributed by atoms with E-state index in [4.69, 9.17) is 28.6 Å². The van der Waals surface area contributed by atoms with E-state index in [0.29, 0.717) is 23.0 Å². The number of hydrogen-bond acceptors (Lipinski definition) is 2. The lowest BCUT2D eigenvalue weighted by atomic mass is 9.98. The topological polar surface area (TPSA) is 53.0 Å². The molecular weight excluding hydrogens is 367 g/mol. The van der Waals surface area contributed by atoms with Gasteiger partial charge in [0.25, 0.3) is 0 Å². The van der Waals surface area contributed by atoms with Crippen LogP contribution < -0.4 is 5.32 Å². The molecule has 0 fully saturated rings. The summed E-state index contributed by atoms with van der Waals surface area (Å²) < 4.78 is 0. The Labute approximate surface area is 162 Å². The quantitative estimate of drug-likeness (QED) is 0.574. The van der Waals surface area contributed by atoms with Crippen LogP contribution in [0.2, 0.25) is 10.0 Å². The Balaban J connectivity index is 1.67. The van der Waals surface area contributed by atoms with Gasteiger partial charge in [0.1, 0.15) is 0 Å². The second-order valence-corrected chi connectivity index (χ2v) is 6.80. The molecule has 3 aromatic carbocycles. The molecule has 1 amide bonds. The van der Waals surface area contributed by atoms with Crippen molar-refractivity contribution >= 4 is 46.1 Å². The van der Waals surface area contributed by atoms with E-state index in [1.54, 1.807) is 18.2 Å². The van der Waals surface area contributed by atoms with Gasteiger partial charge in [-0.25, -0.2) is 0 Å². The van der Waals surface area contributed by atoms with Crippen molar-refractivity contribution in [3.8, 4) is 0 Å². The van der Waals surface area contributed by atoms with Gasteiger partial charge in [-0.05, 0) is 46.0 Å². The van der Waals surface area contributed by atoms with Gasteiger partial charge in [0.05, 0.1) is 6.42 Å². The van der Waals surface area contributed by atoms with Crippen LogP contribution in [0.3, 0.4) is 0 Å². The number of carbonyl (C=O) groups excluding carboxylic acids is 1. The van der Waals surface area contributed by atoms with Crippen LogP contribution in [0.4, 0.5) is 0 Å². The van der Waals surface area contributed by atoms with Crippen molar-refractivity contribution < 1.29 is 4.79 Å². The summed E-state index contributed by atoms with van der Waals surface area (Å²) in [5.41, 5.74) is 2.63. The van der Waals surface area contributed by atoms with E-state index in [1.165, 1.54) is 6.21 Å². The molecule has 0 aromatic heterocycles. The molecule has 0 aliphatic carbocycles. The molecule has 3 aromatic rings. The third-order valence-electron chi connectivity index (χ3n) is 4.31. The summed E-state index contributed by atoms with van der Waals surface area (Å²) in [5.74, 6) is -0.0547. The first-order chi connectivity index (χ1) is 12.6. The van der Waals surface area contributed by atoms with Crippen molar-refractivity contribution in [1.82, 2.24) is 5.32 Å². The summed E-state index contributed by atoms with van der Waals surface area (Å²) in [5, 5.41) is 13.6. The second kappa shape index (κ2) is 8.35. The molecule has 0 spiro atoms. The number of fused-ring (bicyclic) bond motifs is 1. The first kappa shape index (κ1) is 18.4. The number of amides is 1.